The first-order chi connectivity index (χ1) is 8.28. The molecule has 1 heteroatoms. The lowest BCUT2D eigenvalue weighted by Gasteiger charge is -2.33. The van der Waals surface area contributed by atoms with E-state index in [1.807, 2.05) is 0 Å². The SMILES string of the molecule is CCC1CCN(CCC2CCC(C)CC2)CC1. The van der Waals surface area contributed by atoms with E-state index in [1.165, 1.54) is 71.0 Å². The molecule has 0 aromatic carbocycles. The molecule has 0 aromatic rings. The van der Waals surface area contributed by atoms with E-state index in [1.54, 1.807) is 0 Å². The summed E-state index contributed by atoms with van der Waals surface area (Å²) in [5.74, 6) is 3.09. The van der Waals surface area contributed by atoms with Crippen LogP contribution < -0.4 is 0 Å². The predicted octanol–water partition coefficient (Wildman–Crippen LogP) is 4.32. The Balaban J connectivity index is 1.59. The van der Waals surface area contributed by atoms with Gasteiger partial charge in [0.15, 0.2) is 0 Å². The normalized spacial score (nSPS) is 32.8. The maximum absolute atomic E-state index is 2.73. The largest absolute Gasteiger partial charge is 0.303 e. The highest BCUT2D eigenvalue weighted by molar-refractivity contribution is 4.75. The Bertz CT molecular complexity index is 198. The van der Waals surface area contributed by atoms with Crippen LogP contribution in [0.25, 0.3) is 0 Å². The van der Waals surface area contributed by atoms with Crippen LogP contribution in [0.4, 0.5) is 0 Å². The van der Waals surface area contributed by atoms with Gasteiger partial charge >= 0.3 is 0 Å². The molecule has 2 fully saturated rings. The van der Waals surface area contributed by atoms with Crippen LogP contribution in [0.3, 0.4) is 0 Å². The highest BCUT2D eigenvalue weighted by Gasteiger charge is 2.21. The van der Waals surface area contributed by atoms with Gasteiger partial charge in [0.25, 0.3) is 0 Å². The average Bonchev–Trinajstić information content (AvgIpc) is 2.39. The molecule has 0 amide bonds. The molecule has 0 bridgehead atoms. The van der Waals surface area contributed by atoms with E-state index in [-0.39, 0.29) is 0 Å². The fraction of sp³-hybridized carbons (Fsp3) is 1.00. The Morgan fingerprint density at radius 2 is 1.53 bits per heavy atom. The molecule has 2 rings (SSSR count). The predicted molar refractivity (Wildman–Crippen MR) is 75.2 cm³/mol. The fourth-order valence-corrected chi connectivity index (χ4v) is 3.60. The number of hydrogen-bond acceptors (Lipinski definition) is 1. The summed E-state index contributed by atoms with van der Waals surface area (Å²) in [6.07, 6.45) is 11.8. The average molecular weight is 237 g/mol. The fourth-order valence-electron chi connectivity index (χ4n) is 3.60. The van der Waals surface area contributed by atoms with Gasteiger partial charge in [0.2, 0.25) is 0 Å². The van der Waals surface area contributed by atoms with E-state index < -0.39 is 0 Å². The van der Waals surface area contributed by atoms with Crippen molar-refractivity contribution >= 4 is 0 Å². The van der Waals surface area contributed by atoms with Gasteiger partial charge in [-0.1, -0.05) is 46.0 Å². The van der Waals surface area contributed by atoms with E-state index in [4.69, 9.17) is 0 Å². The molecular weight excluding hydrogens is 206 g/mol. The lowest BCUT2D eigenvalue weighted by Crippen LogP contribution is -2.35. The highest BCUT2D eigenvalue weighted by Crippen LogP contribution is 2.30. The molecule has 1 aliphatic carbocycles. The molecule has 1 aliphatic heterocycles. The highest BCUT2D eigenvalue weighted by atomic mass is 15.1. The molecule has 1 saturated carbocycles. The standard InChI is InChI=1S/C16H31N/c1-3-15-8-11-17(12-9-15)13-10-16-6-4-14(2)5-7-16/h14-16H,3-13H2,1-2H3. The summed E-state index contributed by atoms with van der Waals surface area (Å²) in [5, 5.41) is 0. The molecule has 0 radical (unpaired) electrons. The molecule has 1 heterocycles. The zero-order valence-electron chi connectivity index (χ0n) is 12.0. The van der Waals surface area contributed by atoms with Crippen molar-refractivity contribution in [1.82, 2.24) is 4.90 Å². The molecule has 0 unspecified atom stereocenters. The lowest BCUT2D eigenvalue weighted by atomic mass is 9.81. The first-order valence-electron chi connectivity index (χ1n) is 8.00. The molecule has 0 N–H and O–H groups in total. The summed E-state index contributed by atoms with van der Waals surface area (Å²) >= 11 is 0. The molecule has 100 valence electrons. The van der Waals surface area contributed by atoms with Crippen molar-refractivity contribution < 1.29 is 0 Å². The summed E-state index contributed by atoms with van der Waals surface area (Å²) in [6, 6.07) is 0. The third kappa shape index (κ3) is 4.28. The first-order valence-corrected chi connectivity index (χ1v) is 8.00. The molecule has 2 aliphatic rings. The molecular formula is C16H31N. The maximum atomic E-state index is 2.73. The molecule has 0 atom stereocenters. The number of piperidine rings is 1. The maximum Gasteiger partial charge on any atom is -0.00161 e. The summed E-state index contributed by atoms with van der Waals surface area (Å²) in [4.78, 5) is 2.73. The molecule has 1 saturated heterocycles. The van der Waals surface area contributed by atoms with Crippen LogP contribution >= 0.6 is 0 Å². The minimum absolute atomic E-state index is 1.01. The quantitative estimate of drug-likeness (QED) is 0.703. The second-order valence-corrected chi connectivity index (χ2v) is 6.61. The topological polar surface area (TPSA) is 3.24 Å². The van der Waals surface area contributed by atoms with Crippen molar-refractivity contribution in [3.63, 3.8) is 0 Å². The Kier molecular flexibility index (Phi) is 5.34. The summed E-state index contributed by atoms with van der Waals surface area (Å²) in [6.45, 7) is 8.91. The van der Waals surface area contributed by atoms with Crippen LogP contribution in [-0.2, 0) is 0 Å². The molecule has 1 nitrogen and oxygen atoms in total. The summed E-state index contributed by atoms with van der Waals surface area (Å²) in [5.41, 5.74) is 0. The van der Waals surface area contributed by atoms with Crippen LogP contribution in [-0.4, -0.2) is 24.5 Å². The van der Waals surface area contributed by atoms with Crippen LogP contribution in [0.15, 0.2) is 0 Å². The van der Waals surface area contributed by atoms with Crippen molar-refractivity contribution in [2.24, 2.45) is 17.8 Å². The zero-order valence-corrected chi connectivity index (χ0v) is 12.0. The number of nitrogens with zero attached hydrogens (tertiary/aromatic N) is 1. The van der Waals surface area contributed by atoms with Crippen molar-refractivity contribution in [2.45, 2.75) is 65.2 Å². The number of likely N-dealkylation sites (tertiary alicyclic amines) is 1. The van der Waals surface area contributed by atoms with Gasteiger partial charge in [-0.15, -0.1) is 0 Å². The Morgan fingerprint density at radius 3 is 2.12 bits per heavy atom. The van der Waals surface area contributed by atoms with E-state index in [9.17, 15) is 0 Å². The monoisotopic (exact) mass is 237 g/mol. The van der Waals surface area contributed by atoms with Crippen LogP contribution in [0.2, 0.25) is 0 Å². The third-order valence-corrected chi connectivity index (χ3v) is 5.27. The Labute approximate surface area is 108 Å². The van der Waals surface area contributed by atoms with Crippen molar-refractivity contribution in [2.75, 3.05) is 19.6 Å². The van der Waals surface area contributed by atoms with Gasteiger partial charge in [-0.2, -0.15) is 0 Å². The van der Waals surface area contributed by atoms with Crippen molar-refractivity contribution in [1.29, 1.82) is 0 Å². The van der Waals surface area contributed by atoms with Gasteiger partial charge in [0, 0.05) is 0 Å². The zero-order chi connectivity index (χ0) is 12.1. The summed E-state index contributed by atoms with van der Waals surface area (Å²) < 4.78 is 0. The third-order valence-electron chi connectivity index (χ3n) is 5.27. The van der Waals surface area contributed by atoms with Gasteiger partial charge in [-0.3, -0.25) is 0 Å². The van der Waals surface area contributed by atoms with Crippen molar-refractivity contribution in [3.05, 3.63) is 0 Å². The van der Waals surface area contributed by atoms with Gasteiger partial charge in [-0.25, -0.2) is 0 Å². The van der Waals surface area contributed by atoms with E-state index in [0.29, 0.717) is 0 Å². The summed E-state index contributed by atoms with van der Waals surface area (Å²) in [7, 11) is 0. The Morgan fingerprint density at radius 1 is 0.882 bits per heavy atom. The first kappa shape index (κ1) is 13.4. The van der Waals surface area contributed by atoms with Gasteiger partial charge in [0.05, 0.1) is 0 Å². The second kappa shape index (κ2) is 6.78. The smallest absolute Gasteiger partial charge is 0.00161 e. The van der Waals surface area contributed by atoms with Gasteiger partial charge in [0.1, 0.15) is 0 Å². The minimum atomic E-state index is 1.01. The number of hydrogen-bond donors (Lipinski definition) is 0. The van der Waals surface area contributed by atoms with Gasteiger partial charge < -0.3 is 4.90 Å². The van der Waals surface area contributed by atoms with E-state index >= 15 is 0 Å². The molecule has 0 spiro atoms. The number of rotatable bonds is 4. The minimum Gasteiger partial charge on any atom is -0.303 e. The van der Waals surface area contributed by atoms with E-state index in [2.05, 4.69) is 18.7 Å². The Hall–Kier alpha value is -0.0400. The van der Waals surface area contributed by atoms with E-state index in [0.717, 1.165) is 17.8 Å². The van der Waals surface area contributed by atoms with Crippen LogP contribution in [0, 0.1) is 17.8 Å². The molecule has 17 heavy (non-hydrogen) atoms. The van der Waals surface area contributed by atoms with Gasteiger partial charge in [-0.05, 0) is 56.7 Å². The second-order valence-electron chi connectivity index (χ2n) is 6.61. The van der Waals surface area contributed by atoms with Crippen molar-refractivity contribution in [3.8, 4) is 0 Å². The van der Waals surface area contributed by atoms with Crippen LogP contribution in [0.5, 0.6) is 0 Å². The van der Waals surface area contributed by atoms with Crippen LogP contribution in [0.1, 0.15) is 65.2 Å². The lowest BCUT2D eigenvalue weighted by molar-refractivity contribution is 0.161. The molecule has 0 aromatic heterocycles.